The number of halogens is 1. The lowest BCUT2D eigenvalue weighted by molar-refractivity contribution is 0.643. The van der Waals surface area contributed by atoms with Crippen molar-refractivity contribution < 1.29 is 0 Å². The monoisotopic (exact) mass is 265 g/mol. The minimum atomic E-state index is 0.731. The molecule has 1 heterocycles. The zero-order chi connectivity index (χ0) is 12.3. The fraction of sp³-hybridized carbons (Fsp3) is 0.167. The maximum absolute atomic E-state index is 5.84. The highest BCUT2D eigenvalue weighted by Crippen LogP contribution is 2.27. The minimum Gasteiger partial charge on any atom is -0.369 e. The highest BCUT2D eigenvalue weighted by molar-refractivity contribution is 7.13. The summed E-state index contributed by atoms with van der Waals surface area (Å²) < 4.78 is 0. The van der Waals surface area contributed by atoms with Crippen molar-refractivity contribution in [3.05, 3.63) is 34.7 Å². The van der Waals surface area contributed by atoms with E-state index >= 15 is 0 Å². The molecule has 0 spiro atoms. The van der Waals surface area contributed by atoms with Gasteiger partial charge in [-0.1, -0.05) is 23.7 Å². The molecule has 0 atom stereocenters. The van der Waals surface area contributed by atoms with E-state index in [0.717, 1.165) is 21.4 Å². The number of aromatic nitrogens is 1. The Morgan fingerprint density at radius 2 is 2.00 bits per heavy atom. The third kappa shape index (κ3) is 3.28. The molecule has 0 saturated carbocycles. The molecule has 0 aliphatic carbocycles. The second-order valence-electron chi connectivity index (χ2n) is 3.73. The fourth-order valence-electron chi connectivity index (χ4n) is 1.24. The second kappa shape index (κ2) is 5.29. The number of benzene rings is 1. The summed E-state index contributed by atoms with van der Waals surface area (Å²) in [5.41, 5.74) is 1.98. The summed E-state index contributed by atoms with van der Waals surface area (Å²) in [4.78, 5) is 10.6. The second-order valence-corrected chi connectivity index (χ2v) is 5.00. The molecule has 88 valence electrons. The summed E-state index contributed by atoms with van der Waals surface area (Å²) in [6, 6.07) is 7.63. The summed E-state index contributed by atoms with van der Waals surface area (Å²) in [5, 5.41) is 3.48. The van der Waals surface area contributed by atoms with E-state index in [0.29, 0.717) is 0 Å². The Hall–Kier alpha value is -1.39. The first-order valence-corrected chi connectivity index (χ1v) is 6.33. The molecule has 0 unspecified atom stereocenters. The van der Waals surface area contributed by atoms with Gasteiger partial charge in [-0.25, -0.2) is 9.98 Å². The molecule has 3 nitrogen and oxygen atoms in total. The summed E-state index contributed by atoms with van der Waals surface area (Å²) in [7, 11) is 3.86. The van der Waals surface area contributed by atoms with Crippen molar-refractivity contribution in [3.8, 4) is 11.3 Å². The average Bonchev–Trinajstić information content (AvgIpc) is 2.76. The topological polar surface area (TPSA) is 28.5 Å². The molecule has 0 saturated heterocycles. The predicted octanol–water partition coefficient (Wildman–Crippen LogP) is 3.68. The van der Waals surface area contributed by atoms with Gasteiger partial charge in [0.2, 0.25) is 5.13 Å². The third-order valence-corrected chi connectivity index (χ3v) is 3.03. The highest BCUT2D eigenvalue weighted by atomic mass is 35.5. The van der Waals surface area contributed by atoms with Crippen LogP contribution in [0.4, 0.5) is 5.13 Å². The SMILES string of the molecule is CN(C)C=Nc1nc(-c2ccc(Cl)cc2)cs1. The lowest BCUT2D eigenvalue weighted by Gasteiger charge is -2.00. The van der Waals surface area contributed by atoms with Gasteiger partial charge in [-0.3, -0.25) is 0 Å². The van der Waals surface area contributed by atoms with E-state index in [1.54, 1.807) is 6.34 Å². The van der Waals surface area contributed by atoms with Gasteiger partial charge in [0.05, 0.1) is 12.0 Å². The molecule has 5 heteroatoms. The molecule has 0 amide bonds. The van der Waals surface area contributed by atoms with Crippen LogP contribution in [0.5, 0.6) is 0 Å². The van der Waals surface area contributed by atoms with Gasteiger partial charge in [-0.15, -0.1) is 11.3 Å². The van der Waals surface area contributed by atoms with Gasteiger partial charge in [0.25, 0.3) is 0 Å². The standard InChI is InChI=1S/C12H12ClN3S/c1-16(2)8-14-12-15-11(7-17-12)9-3-5-10(13)6-4-9/h3-8H,1-2H3. The van der Waals surface area contributed by atoms with Crippen LogP contribution in [0.15, 0.2) is 34.6 Å². The summed E-state index contributed by atoms with van der Waals surface area (Å²) >= 11 is 7.36. The van der Waals surface area contributed by atoms with E-state index in [4.69, 9.17) is 11.6 Å². The van der Waals surface area contributed by atoms with Crippen LogP contribution in [0.2, 0.25) is 5.02 Å². The van der Waals surface area contributed by atoms with Crippen molar-refractivity contribution in [2.24, 2.45) is 4.99 Å². The Labute approximate surface area is 109 Å². The molecule has 0 radical (unpaired) electrons. The molecule has 0 bridgehead atoms. The Morgan fingerprint density at radius 3 is 2.65 bits per heavy atom. The van der Waals surface area contributed by atoms with E-state index < -0.39 is 0 Å². The number of hydrogen-bond donors (Lipinski definition) is 0. The van der Waals surface area contributed by atoms with Crippen LogP contribution in [0.25, 0.3) is 11.3 Å². The molecule has 2 aromatic rings. The van der Waals surface area contributed by atoms with Crippen molar-refractivity contribution in [3.63, 3.8) is 0 Å². The molecule has 0 N–H and O–H groups in total. The van der Waals surface area contributed by atoms with E-state index in [-0.39, 0.29) is 0 Å². The van der Waals surface area contributed by atoms with E-state index in [2.05, 4.69) is 9.98 Å². The fourth-order valence-corrected chi connectivity index (χ4v) is 2.03. The number of rotatable bonds is 3. The van der Waals surface area contributed by atoms with Crippen LogP contribution in [0.3, 0.4) is 0 Å². The Kier molecular flexibility index (Phi) is 3.76. The molecule has 0 aliphatic rings. The molecular weight excluding hydrogens is 254 g/mol. The Balaban J connectivity index is 2.21. The van der Waals surface area contributed by atoms with Gasteiger partial charge in [-0.2, -0.15) is 0 Å². The van der Waals surface area contributed by atoms with Crippen molar-refractivity contribution in [2.45, 2.75) is 0 Å². The minimum absolute atomic E-state index is 0.731. The van der Waals surface area contributed by atoms with E-state index in [1.807, 2.05) is 48.6 Å². The maximum Gasteiger partial charge on any atom is 0.211 e. The summed E-state index contributed by atoms with van der Waals surface area (Å²) in [5.74, 6) is 0. The van der Waals surface area contributed by atoms with Crippen molar-refractivity contribution >= 4 is 34.4 Å². The van der Waals surface area contributed by atoms with Crippen molar-refractivity contribution in [2.75, 3.05) is 14.1 Å². The number of thiazole rings is 1. The first-order chi connectivity index (χ1) is 8.15. The van der Waals surface area contributed by atoms with Crippen molar-refractivity contribution in [1.29, 1.82) is 0 Å². The number of aliphatic imine (C=N–C) groups is 1. The summed E-state index contributed by atoms with van der Waals surface area (Å²) in [6.45, 7) is 0. The molecule has 1 aromatic carbocycles. The molecule has 0 aliphatic heterocycles. The third-order valence-electron chi connectivity index (χ3n) is 2.03. The average molecular weight is 266 g/mol. The molecular formula is C12H12ClN3S. The summed E-state index contributed by atoms with van der Waals surface area (Å²) in [6.07, 6.45) is 1.74. The predicted molar refractivity (Wildman–Crippen MR) is 74.4 cm³/mol. The molecule has 2 rings (SSSR count). The van der Waals surface area contributed by atoms with Crippen LogP contribution in [-0.4, -0.2) is 30.3 Å². The number of hydrogen-bond acceptors (Lipinski definition) is 3. The van der Waals surface area contributed by atoms with Crippen LogP contribution < -0.4 is 0 Å². The van der Waals surface area contributed by atoms with Gasteiger partial charge >= 0.3 is 0 Å². The normalized spacial score (nSPS) is 11.0. The lowest BCUT2D eigenvalue weighted by atomic mass is 10.2. The van der Waals surface area contributed by atoms with Crippen LogP contribution in [0.1, 0.15) is 0 Å². The van der Waals surface area contributed by atoms with E-state index in [9.17, 15) is 0 Å². The van der Waals surface area contributed by atoms with Crippen LogP contribution in [-0.2, 0) is 0 Å². The van der Waals surface area contributed by atoms with Gasteiger partial charge in [0.1, 0.15) is 0 Å². The smallest absolute Gasteiger partial charge is 0.211 e. The maximum atomic E-state index is 5.84. The van der Waals surface area contributed by atoms with Gasteiger partial charge in [-0.05, 0) is 12.1 Å². The zero-order valence-corrected chi connectivity index (χ0v) is 11.2. The van der Waals surface area contributed by atoms with Crippen LogP contribution >= 0.6 is 22.9 Å². The van der Waals surface area contributed by atoms with Crippen molar-refractivity contribution in [1.82, 2.24) is 9.88 Å². The van der Waals surface area contributed by atoms with Gasteiger partial charge < -0.3 is 4.90 Å². The Morgan fingerprint density at radius 1 is 1.29 bits per heavy atom. The Bertz CT molecular complexity index is 517. The van der Waals surface area contributed by atoms with Gasteiger partial charge in [0, 0.05) is 30.1 Å². The number of nitrogens with zero attached hydrogens (tertiary/aromatic N) is 3. The largest absolute Gasteiger partial charge is 0.369 e. The van der Waals surface area contributed by atoms with Crippen LogP contribution in [0, 0.1) is 0 Å². The lowest BCUT2D eigenvalue weighted by Crippen LogP contribution is -2.06. The molecule has 0 fully saturated rings. The highest BCUT2D eigenvalue weighted by Gasteiger charge is 2.03. The van der Waals surface area contributed by atoms with Gasteiger partial charge in [0.15, 0.2) is 0 Å². The van der Waals surface area contributed by atoms with E-state index in [1.165, 1.54) is 11.3 Å². The quantitative estimate of drug-likeness (QED) is 0.626. The first kappa shape index (κ1) is 12.1. The molecule has 17 heavy (non-hydrogen) atoms. The zero-order valence-electron chi connectivity index (χ0n) is 9.59. The first-order valence-electron chi connectivity index (χ1n) is 5.07. The molecule has 1 aromatic heterocycles.